The molecule has 0 heterocycles. The summed E-state index contributed by atoms with van der Waals surface area (Å²) in [6.07, 6.45) is 3.04. The lowest BCUT2D eigenvalue weighted by molar-refractivity contribution is 0.191. The van der Waals surface area contributed by atoms with Crippen molar-refractivity contribution in [3.63, 3.8) is 0 Å². The molecule has 142 valence electrons. The van der Waals surface area contributed by atoms with E-state index in [-0.39, 0.29) is 11.9 Å². The van der Waals surface area contributed by atoms with Gasteiger partial charge in [-0.2, -0.15) is 5.26 Å². The van der Waals surface area contributed by atoms with Crippen molar-refractivity contribution in [3.05, 3.63) is 83.4 Å². The fraction of sp³-hybridized carbons (Fsp3) is 0.240. The summed E-state index contributed by atoms with van der Waals surface area (Å²) in [5.74, 6) is 1.04. The predicted octanol–water partition coefficient (Wildman–Crippen LogP) is 6.55. The van der Waals surface area contributed by atoms with Gasteiger partial charge in [0.05, 0.1) is 11.6 Å². The lowest BCUT2D eigenvalue weighted by Gasteiger charge is -2.21. The maximum absolute atomic E-state index is 9.76. The van der Waals surface area contributed by atoms with Gasteiger partial charge < -0.3 is 9.84 Å². The second-order valence-electron chi connectivity index (χ2n) is 7.01. The number of nitriles is 1. The molecule has 0 saturated carbocycles. The van der Waals surface area contributed by atoms with E-state index < -0.39 is 0 Å². The van der Waals surface area contributed by atoms with Crippen molar-refractivity contribution in [2.75, 3.05) is 0 Å². The lowest BCUT2D eigenvalue weighted by Crippen LogP contribution is -2.08. The van der Waals surface area contributed by atoms with Crippen molar-refractivity contribution in [2.45, 2.75) is 39.2 Å². The molecule has 0 spiro atoms. The van der Waals surface area contributed by atoms with Crippen molar-refractivity contribution >= 4 is 0 Å². The van der Waals surface area contributed by atoms with Crippen LogP contribution in [0.4, 0.5) is 0 Å². The third-order valence-electron chi connectivity index (χ3n) is 4.87. The zero-order chi connectivity index (χ0) is 19.9. The Morgan fingerprint density at radius 1 is 1.00 bits per heavy atom. The minimum absolute atomic E-state index is 0.0535. The molecule has 0 amide bonds. The topological polar surface area (TPSA) is 53.2 Å². The molecular formula is C25H25NO2. The Morgan fingerprint density at radius 3 is 2.46 bits per heavy atom. The van der Waals surface area contributed by atoms with E-state index >= 15 is 0 Å². The van der Waals surface area contributed by atoms with Crippen LogP contribution in [0.15, 0.2) is 66.7 Å². The Labute approximate surface area is 166 Å². The van der Waals surface area contributed by atoms with Crippen LogP contribution in [-0.4, -0.2) is 5.11 Å². The third-order valence-corrected chi connectivity index (χ3v) is 4.87. The molecule has 0 aliphatic carbocycles. The van der Waals surface area contributed by atoms with E-state index in [1.807, 2.05) is 49.4 Å². The molecule has 3 aromatic rings. The number of phenols is 1. The molecule has 3 aromatic carbocycles. The highest BCUT2D eigenvalue weighted by Gasteiger charge is 2.15. The first-order valence-electron chi connectivity index (χ1n) is 9.67. The summed E-state index contributed by atoms with van der Waals surface area (Å²) in [4.78, 5) is 0. The number of phenolic OH excluding ortho intramolecular Hbond substituents is 1. The fourth-order valence-corrected chi connectivity index (χ4v) is 3.20. The van der Waals surface area contributed by atoms with Crippen LogP contribution in [0, 0.1) is 18.3 Å². The smallest absolute Gasteiger partial charge is 0.124 e. The van der Waals surface area contributed by atoms with Gasteiger partial charge >= 0.3 is 0 Å². The SMILES string of the molecule is CCCCC(Oc1ccc(O)c(C)c1)c1cccc(-c2ccc(C#N)cc2)c1. The Kier molecular flexibility index (Phi) is 6.34. The lowest BCUT2D eigenvalue weighted by atomic mass is 9.97. The second kappa shape index (κ2) is 9.10. The molecule has 0 saturated heterocycles. The molecule has 0 aliphatic heterocycles. The Balaban J connectivity index is 1.89. The molecule has 1 atom stereocenters. The zero-order valence-corrected chi connectivity index (χ0v) is 16.4. The van der Waals surface area contributed by atoms with Crippen molar-refractivity contribution in [1.29, 1.82) is 5.26 Å². The average molecular weight is 371 g/mol. The fourth-order valence-electron chi connectivity index (χ4n) is 3.20. The summed E-state index contributed by atoms with van der Waals surface area (Å²) < 4.78 is 6.31. The van der Waals surface area contributed by atoms with E-state index in [0.29, 0.717) is 5.56 Å². The monoisotopic (exact) mass is 371 g/mol. The number of rotatable bonds is 7. The molecular weight excluding hydrogens is 346 g/mol. The first-order chi connectivity index (χ1) is 13.6. The molecule has 3 nitrogen and oxygen atoms in total. The zero-order valence-electron chi connectivity index (χ0n) is 16.4. The average Bonchev–Trinajstić information content (AvgIpc) is 2.74. The number of unbranched alkanes of at least 4 members (excludes halogenated alkanes) is 1. The summed E-state index contributed by atoms with van der Waals surface area (Å²) in [5.41, 5.74) is 4.77. The summed E-state index contributed by atoms with van der Waals surface area (Å²) in [5, 5.41) is 18.8. The minimum atomic E-state index is -0.0535. The number of ether oxygens (including phenoxy) is 1. The van der Waals surface area contributed by atoms with E-state index in [0.717, 1.165) is 47.3 Å². The number of benzene rings is 3. The van der Waals surface area contributed by atoms with Gasteiger partial charge in [-0.1, -0.05) is 43.7 Å². The van der Waals surface area contributed by atoms with Gasteiger partial charge in [0.15, 0.2) is 0 Å². The molecule has 1 N–H and O–H groups in total. The van der Waals surface area contributed by atoms with Gasteiger partial charge in [-0.05, 0) is 78.4 Å². The highest BCUT2D eigenvalue weighted by molar-refractivity contribution is 5.65. The number of hydrogen-bond donors (Lipinski definition) is 1. The molecule has 28 heavy (non-hydrogen) atoms. The van der Waals surface area contributed by atoms with Crippen LogP contribution in [0.5, 0.6) is 11.5 Å². The maximum atomic E-state index is 9.76. The van der Waals surface area contributed by atoms with E-state index in [2.05, 4.69) is 31.2 Å². The minimum Gasteiger partial charge on any atom is -0.508 e. The first kappa shape index (κ1) is 19.5. The number of hydrogen-bond acceptors (Lipinski definition) is 3. The van der Waals surface area contributed by atoms with Gasteiger partial charge in [0, 0.05) is 0 Å². The van der Waals surface area contributed by atoms with Gasteiger partial charge in [0.25, 0.3) is 0 Å². The van der Waals surface area contributed by atoms with Crippen molar-refractivity contribution in [3.8, 4) is 28.7 Å². The van der Waals surface area contributed by atoms with Crippen LogP contribution in [0.2, 0.25) is 0 Å². The molecule has 3 rings (SSSR count). The van der Waals surface area contributed by atoms with Gasteiger partial charge in [-0.15, -0.1) is 0 Å². The Bertz CT molecular complexity index is 971. The summed E-state index contributed by atoms with van der Waals surface area (Å²) >= 11 is 0. The normalized spacial score (nSPS) is 11.6. The van der Waals surface area contributed by atoms with Gasteiger partial charge in [0.2, 0.25) is 0 Å². The summed E-state index contributed by atoms with van der Waals surface area (Å²) in [7, 11) is 0. The molecule has 1 unspecified atom stereocenters. The Hall–Kier alpha value is -3.25. The maximum Gasteiger partial charge on any atom is 0.124 e. The van der Waals surface area contributed by atoms with Crippen LogP contribution < -0.4 is 4.74 Å². The Morgan fingerprint density at radius 2 is 1.79 bits per heavy atom. The standard InChI is InChI=1S/C25H25NO2/c1-3-4-8-25(28-23-13-14-24(27)18(2)15-23)22-7-5-6-21(16-22)20-11-9-19(17-26)10-12-20/h5-7,9-16,25,27H,3-4,8H2,1-2H3. The third kappa shape index (κ3) is 4.72. The van der Waals surface area contributed by atoms with Crippen LogP contribution in [-0.2, 0) is 0 Å². The predicted molar refractivity (Wildman–Crippen MR) is 112 cm³/mol. The summed E-state index contributed by atoms with van der Waals surface area (Å²) in [6.45, 7) is 4.05. The van der Waals surface area contributed by atoms with Gasteiger partial charge in [-0.25, -0.2) is 0 Å². The van der Waals surface area contributed by atoms with Crippen LogP contribution in [0.25, 0.3) is 11.1 Å². The molecule has 0 fully saturated rings. The van der Waals surface area contributed by atoms with Gasteiger partial charge in [-0.3, -0.25) is 0 Å². The quantitative estimate of drug-likeness (QED) is 0.512. The van der Waals surface area contributed by atoms with Crippen LogP contribution in [0.1, 0.15) is 49.0 Å². The van der Waals surface area contributed by atoms with Crippen molar-refractivity contribution in [2.24, 2.45) is 0 Å². The van der Waals surface area contributed by atoms with Crippen LogP contribution >= 0.6 is 0 Å². The molecule has 0 bridgehead atoms. The van der Waals surface area contributed by atoms with Crippen LogP contribution in [0.3, 0.4) is 0 Å². The van der Waals surface area contributed by atoms with E-state index in [4.69, 9.17) is 10.00 Å². The number of aryl methyl sites for hydroxylation is 1. The first-order valence-corrected chi connectivity index (χ1v) is 9.67. The summed E-state index contributed by atoms with van der Waals surface area (Å²) in [6, 6.07) is 23.5. The van der Waals surface area contributed by atoms with E-state index in [9.17, 15) is 5.11 Å². The number of nitrogens with zero attached hydrogens (tertiary/aromatic N) is 1. The molecule has 0 radical (unpaired) electrons. The largest absolute Gasteiger partial charge is 0.508 e. The molecule has 0 aromatic heterocycles. The molecule has 3 heteroatoms. The highest BCUT2D eigenvalue weighted by Crippen LogP contribution is 2.31. The second-order valence-corrected chi connectivity index (χ2v) is 7.01. The van der Waals surface area contributed by atoms with Crippen molar-refractivity contribution < 1.29 is 9.84 Å². The van der Waals surface area contributed by atoms with E-state index in [1.54, 1.807) is 6.07 Å². The molecule has 0 aliphatic rings. The van der Waals surface area contributed by atoms with Crippen molar-refractivity contribution in [1.82, 2.24) is 0 Å². The highest BCUT2D eigenvalue weighted by atomic mass is 16.5. The van der Waals surface area contributed by atoms with Gasteiger partial charge in [0.1, 0.15) is 17.6 Å². The number of aromatic hydroxyl groups is 1. The van der Waals surface area contributed by atoms with E-state index in [1.165, 1.54) is 0 Å².